The molecule has 0 radical (unpaired) electrons. The number of hydrogen-bond acceptors (Lipinski definition) is 6. The number of nitrogens with zero attached hydrogens (tertiary/aromatic N) is 2. The smallest absolute Gasteiger partial charge is 0.359 e. The summed E-state index contributed by atoms with van der Waals surface area (Å²) in [6, 6.07) is 7.22. The zero-order valence-electron chi connectivity index (χ0n) is 17.0. The van der Waals surface area contributed by atoms with Crippen LogP contribution in [-0.4, -0.2) is 28.3 Å². The molecular formula is C21H23N3O4S. The van der Waals surface area contributed by atoms with Gasteiger partial charge in [0.1, 0.15) is 5.00 Å². The van der Waals surface area contributed by atoms with E-state index in [0.29, 0.717) is 16.1 Å². The van der Waals surface area contributed by atoms with Gasteiger partial charge in [-0.1, -0.05) is 38.5 Å². The second-order valence-electron chi connectivity index (χ2n) is 7.68. The maximum atomic E-state index is 13.3. The number of hydrogen-bond donors (Lipinski definition) is 1. The molecular weight excluding hydrogens is 390 g/mol. The molecule has 1 amide bonds. The molecule has 0 spiro atoms. The summed E-state index contributed by atoms with van der Waals surface area (Å²) >= 11 is 1.18. The fraction of sp³-hybridized carbons (Fsp3) is 0.333. The van der Waals surface area contributed by atoms with E-state index >= 15 is 0 Å². The number of carbonyl (C=O) groups is 2. The number of carbonyl (C=O) groups excluding carboxylic acids is 2. The van der Waals surface area contributed by atoms with Gasteiger partial charge >= 0.3 is 5.97 Å². The third kappa shape index (κ3) is 4.07. The van der Waals surface area contributed by atoms with Crippen LogP contribution in [0.15, 0.2) is 34.4 Å². The number of benzene rings is 1. The van der Waals surface area contributed by atoms with Crippen LogP contribution in [0.2, 0.25) is 0 Å². The molecule has 152 valence electrons. The average Bonchev–Trinajstić information content (AvgIpc) is 3.06. The van der Waals surface area contributed by atoms with Gasteiger partial charge in [0, 0.05) is 16.2 Å². The van der Waals surface area contributed by atoms with Crippen LogP contribution >= 0.6 is 11.3 Å². The molecule has 2 aromatic heterocycles. The number of nitrogens with one attached hydrogen (secondary N) is 1. The summed E-state index contributed by atoms with van der Waals surface area (Å²) in [7, 11) is 0. The van der Waals surface area contributed by atoms with E-state index in [1.165, 1.54) is 16.0 Å². The van der Waals surface area contributed by atoms with Gasteiger partial charge in [0.25, 0.3) is 5.56 Å². The highest BCUT2D eigenvalue weighted by molar-refractivity contribution is 7.16. The Morgan fingerprint density at radius 1 is 1.21 bits per heavy atom. The van der Waals surface area contributed by atoms with Crippen molar-refractivity contribution in [2.45, 2.75) is 34.6 Å². The molecule has 0 unspecified atom stereocenters. The highest BCUT2D eigenvalue weighted by Crippen LogP contribution is 2.32. The number of aromatic nitrogens is 2. The Hall–Kier alpha value is -3.00. The second-order valence-corrected chi connectivity index (χ2v) is 8.56. The average molecular weight is 413 g/mol. The predicted molar refractivity (Wildman–Crippen MR) is 114 cm³/mol. The van der Waals surface area contributed by atoms with Gasteiger partial charge < -0.3 is 10.1 Å². The summed E-state index contributed by atoms with van der Waals surface area (Å²) in [5, 5.41) is 9.74. The molecule has 0 atom stereocenters. The summed E-state index contributed by atoms with van der Waals surface area (Å²) < 4.78 is 6.31. The zero-order valence-corrected chi connectivity index (χ0v) is 17.8. The summed E-state index contributed by atoms with van der Waals surface area (Å²) in [6.07, 6.45) is 0. The van der Waals surface area contributed by atoms with Gasteiger partial charge in [-0.3, -0.25) is 9.59 Å². The Labute approximate surface area is 172 Å². The molecule has 0 bridgehead atoms. The fourth-order valence-electron chi connectivity index (χ4n) is 2.64. The van der Waals surface area contributed by atoms with Gasteiger partial charge in [0.2, 0.25) is 5.91 Å². The number of fused-ring (bicyclic) bond motifs is 1. The van der Waals surface area contributed by atoms with Gasteiger partial charge in [0.05, 0.1) is 17.7 Å². The van der Waals surface area contributed by atoms with Crippen molar-refractivity contribution in [1.29, 1.82) is 0 Å². The van der Waals surface area contributed by atoms with Gasteiger partial charge in [-0.2, -0.15) is 9.78 Å². The van der Waals surface area contributed by atoms with Crippen LogP contribution in [-0.2, 0) is 9.53 Å². The minimum atomic E-state index is -0.636. The third-order valence-electron chi connectivity index (χ3n) is 4.31. The standard InChI is InChI=1S/C21H23N3O4S/c1-6-28-19(26)16-14-11-29-17(22-20(27)21(3,4)5)15(14)18(25)24(23-16)13-9-7-12(2)8-10-13/h7-11H,6H2,1-5H3,(H,22,27). The zero-order chi connectivity index (χ0) is 21.3. The van der Waals surface area contributed by atoms with E-state index in [1.807, 2.05) is 19.1 Å². The molecule has 0 saturated carbocycles. The lowest BCUT2D eigenvalue weighted by Crippen LogP contribution is -2.29. The van der Waals surface area contributed by atoms with Crippen molar-refractivity contribution in [3.8, 4) is 5.69 Å². The van der Waals surface area contributed by atoms with Crippen LogP contribution in [0, 0.1) is 12.3 Å². The summed E-state index contributed by atoms with van der Waals surface area (Å²) in [4.78, 5) is 38.3. The number of rotatable bonds is 4. The molecule has 0 fully saturated rings. The number of amides is 1. The lowest BCUT2D eigenvalue weighted by Gasteiger charge is -2.17. The van der Waals surface area contributed by atoms with Crippen molar-refractivity contribution in [2.24, 2.45) is 5.41 Å². The van der Waals surface area contributed by atoms with E-state index < -0.39 is 16.9 Å². The van der Waals surface area contributed by atoms with E-state index in [2.05, 4.69) is 10.4 Å². The molecule has 0 aliphatic heterocycles. The van der Waals surface area contributed by atoms with Crippen LogP contribution in [0.4, 0.5) is 5.00 Å². The minimum absolute atomic E-state index is 0.0366. The Balaban J connectivity index is 2.26. The highest BCUT2D eigenvalue weighted by Gasteiger charge is 2.26. The predicted octanol–water partition coefficient (Wildman–Crippen LogP) is 3.92. The van der Waals surface area contributed by atoms with Gasteiger partial charge in [0.15, 0.2) is 5.69 Å². The third-order valence-corrected chi connectivity index (χ3v) is 5.20. The molecule has 2 heterocycles. The molecule has 0 aliphatic carbocycles. The number of aryl methyl sites for hydroxylation is 1. The first-order valence-corrected chi connectivity index (χ1v) is 10.1. The first kappa shape index (κ1) is 20.7. The van der Waals surface area contributed by atoms with Crippen LogP contribution < -0.4 is 10.9 Å². The largest absolute Gasteiger partial charge is 0.461 e. The molecule has 1 N–H and O–H groups in total. The number of anilines is 1. The van der Waals surface area contributed by atoms with Gasteiger partial charge in [-0.25, -0.2) is 4.79 Å². The Bertz CT molecular complexity index is 1140. The molecule has 1 aromatic carbocycles. The van der Waals surface area contributed by atoms with Crippen LogP contribution in [0.25, 0.3) is 16.5 Å². The van der Waals surface area contributed by atoms with Crippen LogP contribution in [0.3, 0.4) is 0 Å². The molecule has 7 nitrogen and oxygen atoms in total. The number of thiophene rings is 1. The topological polar surface area (TPSA) is 90.3 Å². The molecule has 3 aromatic rings. The monoisotopic (exact) mass is 413 g/mol. The molecule has 0 aliphatic rings. The van der Waals surface area contributed by atoms with E-state index in [-0.39, 0.29) is 23.6 Å². The summed E-state index contributed by atoms with van der Waals surface area (Å²) in [5.41, 5.74) is 0.537. The highest BCUT2D eigenvalue weighted by atomic mass is 32.1. The van der Waals surface area contributed by atoms with Crippen molar-refractivity contribution in [3.63, 3.8) is 0 Å². The van der Waals surface area contributed by atoms with Gasteiger partial charge in [-0.15, -0.1) is 11.3 Å². The quantitative estimate of drug-likeness (QED) is 0.655. The second kappa shape index (κ2) is 7.79. The lowest BCUT2D eigenvalue weighted by atomic mass is 9.96. The Morgan fingerprint density at radius 3 is 2.45 bits per heavy atom. The van der Waals surface area contributed by atoms with Crippen LogP contribution in [0.5, 0.6) is 0 Å². The lowest BCUT2D eigenvalue weighted by molar-refractivity contribution is -0.123. The molecule has 0 saturated heterocycles. The SMILES string of the molecule is CCOC(=O)c1nn(-c2ccc(C)cc2)c(=O)c2c(NC(=O)C(C)(C)C)scc12. The van der Waals surface area contributed by atoms with Crippen molar-refractivity contribution in [3.05, 3.63) is 51.3 Å². The van der Waals surface area contributed by atoms with Crippen molar-refractivity contribution in [2.75, 3.05) is 11.9 Å². The fourth-order valence-corrected chi connectivity index (χ4v) is 3.58. The van der Waals surface area contributed by atoms with E-state index in [9.17, 15) is 14.4 Å². The maximum absolute atomic E-state index is 13.3. The van der Waals surface area contributed by atoms with Crippen molar-refractivity contribution < 1.29 is 14.3 Å². The molecule has 3 rings (SSSR count). The van der Waals surface area contributed by atoms with Crippen molar-refractivity contribution >= 4 is 39.0 Å². The Morgan fingerprint density at radius 2 is 1.86 bits per heavy atom. The first-order chi connectivity index (χ1) is 13.6. The van der Waals surface area contributed by atoms with Crippen LogP contribution in [0.1, 0.15) is 43.7 Å². The van der Waals surface area contributed by atoms with Crippen molar-refractivity contribution in [1.82, 2.24) is 9.78 Å². The van der Waals surface area contributed by atoms with E-state index in [0.717, 1.165) is 5.56 Å². The number of ether oxygens (including phenoxy) is 1. The van der Waals surface area contributed by atoms with E-state index in [1.54, 1.807) is 45.2 Å². The normalized spacial score (nSPS) is 11.5. The maximum Gasteiger partial charge on any atom is 0.359 e. The summed E-state index contributed by atoms with van der Waals surface area (Å²) in [5.74, 6) is -0.845. The molecule has 8 heteroatoms. The Kier molecular flexibility index (Phi) is 5.57. The number of esters is 1. The molecule has 29 heavy (non-hydrogen) atoms. The van der Waals surface area contributed by atoms with Gasteiger partial charge in [-0.05, 0) is 26.0 Å². The summed E-state index contributed by atoms with van der Waals surface area (Å²) in [6.45, 7) is 9.18. The first-order valence-electron chi connectivity index (χ1n) is 9.23. The minimum Gasteiger partial charge on any atom is -0.461 e. The van der Waals surface area contributed by atoms with E-state index in [4.69, 9.17) is 4.74 Å².